The number of nitriles is 1. The fraction of sp³-hybridized carbons (Fsp3) is 0.235. The quantitative estimate of drug-likeness (QED) is 0.771. The van der Waals surface area contributed by atoms with Crippen molar-refractivity contribution in [2.45, 2.75) is 26.4 Å². The van der Waals surface area contributed by atoms with Crippen LogP contribution in [0.1, 0.15) is 26.3 Å². The van der Waals surface area contributed by atoms with Gasteiger partial charge in [-0.1, -0.05) is 12.1 Å². The maximum Gasteiger partial charge on any atom is 0.413 e. The van der Waals surface area contributed by atoms with Crippen molar-refractivity contribution in [1.29, 1.82) is 5.26 Å². The van der Waals surface area contributed by atoms with E-state index < -0.39 is 11.7 Å². The van der Waals surface area contributed by atoms with Gasteiger partial charge in [0.2, 0.25) is 0 Å². The Hall–Kier alpha value is -3.47. The first-order chi connectivity index (χ1) is 11.9. The van der Waals surface area contributed by atoms with Gasteiger partial charge in [0.25, 0.3) is 5.78 Å². The lowest BCUT2D eigenvalue weighted by Crippen LogP contribution is -2.27. The molecule has 1 N–H and O–H groups in total. The van der Waals surface area contributed by atoms with E-state index in [1.807, 2.05) is 0 Å². The average molecular weight is 336 g/mol. The Morgan fingerprint density at radius 2 is 2.00 bits per heavy atom. The number of carbonyl (C=O) groups excluding carboxylic acids is 1. The molecule has 0 aliphatic carbocycles. The first-order valence-corrected chi connectivity index (χ1v) is 7.57. The molecule has 0 aliphatic rings. The number of amides is 1. The molecule has 8 heteroatoms. The Morgan fingerprint density at radius 1 is 1.28 bits per heavy atom. The second-order valence-corrected chi connectivity index (χ2v) is 6.31. The molecule has 0 unspecified atom stereocenters. The zero-order chi connectivity index (χ0) is 18.0. The van der Waals surface area contributed by atoms with Crippen LogP contribution >= 0.6 is 0 Å². The highest BCUT2D eigenvalue weighted by Crippen LogP contribution is 2.23. The summed E-state index contributed by atoms with van der Waals surface area (Å²) in [5.74, 6) is 0.641. The number of hydrogen-bond donors (Lipinski definition) is 1. The van der Waals surface area contributed by atoms with Crippen molar-refractivity contribution in [3.05, 3.63) is 42.2 Å². The summed E-state index contributed by atoms with van der Waals surface area (Å²) in [4.78, 5) is 20.3. The van der Waals surface area contributed by atoms with Gasteiger partial charge >= 0.3 is 6.09 Å². The van der Waals surface area contributed by atoms with Crippen LogP contribution in [-0.2, 0) is 4.74 Å². The Labute approximate surface area is 144 Å². The van der Waals surface area contributed by atoms with Crippen molar-refractivity contribution in [2.24, 2.45) is 0 Å². The molecule has 0 atom stereocenters. The van der Waals surface area contributed by atoms with Gasteiger partial charge in [0.05, 0.1) is 17.3 Å². The van der Waals surface area contributed by atoms with Crippen molar-refractivity contribution in [3.63, 3.8) is 0 Å². The summed E-state index contributed by atoms with van der Waals surface area (Å²) in [6.07, 6.45) is 0.780. The van der Waals surface area contributed by atoms with Crippen molar-refractivity contribution < 1.29 is 9.53 Å². The van der Waals surface area contributed by atoms with E-state index in [0.29, 0.717) is 22.9 Å². The van der Waals surface area contributed by atoms with Gasteiger partial charge in [-0.15, -0.1) is 0 Å². The second kappa shape index (κ2) is 6.20. The van der Waals surface area contributed by atoms with Crippen LogP contribution in [-0.4, -0.2) is 31.3 Å². The van der Waals surface area contributed by atoms with Gasteiger partial charge in [-0.2, -0.15) is 24.8 Å². The van der Waals surface area contributed by atoms with Crippen molar-refractivity contribution in [2.75, 3.05) is 5.32 Å². The lowest BCUT2D eigenvalue weighted by molar-refractivity contribution is 0.0635. The molecule has 0 saturated heterocycles. The number of anilines is 1. The van der Waals surface area contributed by atoms with E-state index in [1.165, 1.54) is 6.33 Å². The largest absolute Gasteiger partial charge is 0.444 e. The molecule has 3 aromatic rings. The molecule has 2 heterocycles. The number of benzene rings is 1. The number of hydrogen-bond acceptors (Lipinski definition) is 6. The molecule has 126 valence electrons. The number of carbonyl (C=O) groups is 1. The third-order valence-corrected chi connectivity index (χ3v) is 3.19. The highest BCUT2D eigenvalue weighted by Gasteiger charge is 2.18. The van der Waals surface area contributed by atoms with E-state index in [-0.39, 0.29) is 0 Å². The minimum Gasteiger partial charge on any atom is -0.444 e. The molecule has 0 saturated carbocycles. The Balaban J connectivity index is 1.99. The van der Waals surface area contributed by atoms with Crippen molar-refractivity contribution in [1.82, 2.24) is 19.6 Å². The molecule has 0 fully saturated rings. The molecule has 25 heavy (non-hydrogen) atoms. The van der Waals surface area contributed by atoms with E-state index in [4.69, 9.17) is 10.00 Å². The molecular formula is C17H16N6O2. The zero-order valence-corrected chi connectivity index (χ0v) is 14.0. The lowest BCUT2D eigenvalue weighted by Gasteiger charge is -2.19. The van der Waals surface area contributed by atoms with Crippen LogP contribution in [0.4, 0.5) is 10.6 Å². The Morgan fingerprint density at radius 3 is 2.64 bits per heavy atom. The van der Waals surface area contributed by atoms with Gasteiger partial charge in [0.15, 0.2) is 0 Å². The van der Waals surface area contributed by atoms with Crippen LogP contribution in [0.5, 0.6) is 0 Å². The van der Waals surface area contributed by atoms with Crippen molar-refractivity contribution >= 4 is 17.7 Å². The van der Waals surface area contributed by atoms with Gasteiger partial charge in [0.1, 0.15) is 17.7 Å². The van der Waals surface area contributed by atoms with Crippen LogP contribution in [0.3, 0.4) is 0 Å². The maximum atomic E-state index is 12.0. The summed E-state index contributed by atoms with van der Waals surface area (Å²) in [7, 11) is 0. The minimum absolute atomic E-state index is 0.300. The topological polar surface area (TPSA) is 105 Å². The van der Waals surface area contributed by atoms with E-state index in [9.17, 15) is 4.79 Å². The molecule has 0 aliphatic heterocycles. The van der Waals surface area contributed by atoms with Gasteiger partial charge in [-0.25, -0.2) is 4.79 Å². The van der Waals surface area contributed by atoms with Gasteiger partial charge in [-0.05, 0) is 32.9 Å². The van der Waals surface area contributed by atoms with E-state index >= 15 is 0 Å². The molecular weight excluding hydrogens is 320 g/mol. The summed E-state index contributed by atoms with van der Waals surface area (Å²) in [6.45, 7) is 5.34. The normalized spacial score (nSPS) is 11.1. The first kappa shape index (κ1) is 16.4. The van der Waals surface area contributed by atoms with Crippen LogP contribution in [0.25, 0.3) is 17.0 Å². The highest BCUT2D eigenvalue weighted by atomic mass is 16.6. The summed E-state index contributed by atoms with van der Waals surface area (Å²) >= 11 is 0. The number of nitrogens with one attached hydrogen (secondary N) is 1. The number of fused-ring (bicyclic) bond motifs is 1. The fourth-order valence-corrected chi connectivity index (χ4v) is 2.21. The molecule has 0 radical (unpaired) electrons. The molecule has 2 aromatic heterocycles. The van der Waals surface area contributed by atoms with E-state index in [2.05, 4.69) is 26.5 Å². The van der Waals surface area contributed by atoms with Crippen LogP contribution < -0.4 is 5.32 Å². The minimum atomic E-state index is -0.612. The van der Waals surface area contributed by atoms with E-state index in [0.717, 1.165) is 5.56 Å². The second-order valence-electron chi connectivity index (χ2n) is 6.31. The predicted molar refractivity (Wildman–Crippen MR) is 90.8 cm³/mol. The molecule has 3 rings (SSSR count). The predicted octanol–water partition coefficient (Wildman–Crippen LogP) is 3.01. The number of ether oxygens (including phenoxy) is 1. The number of aromatic nitrogens is 4. The first-order valence-electron chi connectivity index (χ1n) is 7.57. The summed E-state index contributed by atoms with van der Waals surface area (Å²) in [5.41, 5.74) is 1.43. The molecule has 1 amide bonds. The molecule has 0 bridgehead atoms. The number of nitrogens with zero attached hydrogens (tertiary/aromatic N) is 5. The van der Waals surface area contributed by atoms with Crippen LogP contribution in [0.15, 0.2) is 36.7 Å². The standard InChI is InChI=1S/C17H16N6O2/c1-17(2,3)25-16(24)22-14-8-13(23-15(21-14)19-10-20-23)12-6-4-11(9-18)5-7-12/h4-8,10H,1-3H3,(H,19,20,21,22,24). The number of rotatable bonds is 2. The summed E-state index contributed by atoms with van der Waals surface area (Å²) < 4.78 is 6.80. The zero-order valence-electron chi connectivity index (χ0n) is 14.0. The maximum absolute atomic E-state index is 12.0. The molecule has 1 aromatic carbocycles. The van der Waals surface area contributed by atoms with Gasteiger partial charge in [-0.3, -0.25) is 5.32 Å². The van der Waals surface area contributed by atoms with Crippen LogP contribution in [0.2, 0.25) is 0 Å². The van der Waals surface area contributed by atoms with Crippen molar-refractivity contribution in [3.8, 4) is 17.3 Å². The van der Waals surface area contributed by atoms with Crippen LogP contribution in [0, 0.1) is 11.3 Å². The van der Waals surface area contributed by atoms with E-state index in [1.54, 1.807) is 55.6 Å². The fourth-order valence-electron chi connectivity index (χ4n) is 2.21. The third-order valence-electron chi connectivity index (χ3n) is 3.19. The molecule has 8 nitrogen and oxygen atoms in total. The average Bonchev–Trinajstić information content (AvgIpc) is 3.00. The SMILES string of the molecule is CC(C)(C)OC(=O)Nc1cc(-c2ccc(C#N)cc2)n2ncnc2n1. The highest BCUT2D eigenvalue weighted by molar-refractivity contribution is 5.85. The smallest absolute Gasteiger partial charge is 0.413 e. The van der Waals surface area contributed by atoms with Gasteiger partial charge < -0.3 is 4.74 Å². The summed E-state index contributed by atoms with van der Waals surface area (Å²) in [6, 6.07) is 10.8. The molecule has 0 spiro atoms. The monoisotopic (exact) mass is 336 g/mol. The Bertz CT molecular complexity index is 963. The summed E-state index contributed by atoms with van der Waals surface area (Å²) in [5, 5.41) is 15.7. The van der Waals surface area contributed by atoms with Gasteiger partial charge in [0, 0.05) is 11.6 Å². The Kier molecular flexibility index (Phi) is 4.07. The lowest BCUT2D eigenvalue weighted by atomic mass is 10.1. The third kappa shape index (κ3) is 3.72.